The third-order valence-corrected chi connectivity index (χ3v) is 8.12. The number of hydrogen-bond acceptors (Lipinski definition) is 5. The molecule has 192 valence electrons. The van der Waals surface area contributed by atoms with Crippen LogP contribution in [0.5, 0.6) is 5.75 Å². The lowest BCUT2D eigenvalue weighted by Gasteiger charge is -2.36. The fourth-order valence-corrected chi connectivity index (χ4v) is 5.86. The lowest BCUT2D eigenvalue weighted by Crippen LogP contribution is -2.46. The number of aryl methyl sites for hydroxylation is 1. The van der Waals surface area contributed by atoms with Gasteiger partial charge in [0.15, 0.2) is 0 Å². The number of halogens is 1. The molecule has 0 saturated carbocycles. The van der Waals surface area contributed by atoms with E-state index in [4.69, 9.17) is 21.3 Å². The molecule has 0 N–H and O–H groups in total. The van der Waals surface area contributed by atoms with Crippen LogP contribution in [0.4, 0.5) is 11.4 Å². The Kier molecular flexibility index (Phi) is 6.78. The Morgan fingerprint density at radius 2 is 1.78 bits per heavy atom. The number of hydrogen-bond donors (Lipinski definition) is 0. The fraction of sp³-hybridized carbons (Fsp3) is 0.400. The molecule has 0 aliphatic carbocycles. The minimum Gasteiger partial charge on any atom is -0.493 e. The van der Waals surface area contributed by atoms with Gasteiger partial charge < -0.3 is 14.5 Å². The molecular weight excluding hydrogens is 484 g/mol. The first-order chi connectivity index (χ1) is 18.0. The number of aliphatic imine (C=N–C) groups is 1. The van der Waals surface area contributed by atoms with Crippen molar-refractivity contribution in [2.45, 2.75) is 32.2 Å². The van der Waals surface area contributed by atoms with E-state index in [-0.39, 0.29) is 11.9 Å². The zero-order valence-electron chi connectivity index (χ0n) is 21.3. The van der Waals surface area contributed by atoms with Crippen molar-refractivity contribution in [2.24, 2.45) is 4.99 Å². The van der Waals surface area contributed by atoms with Crippen LogP contribution < -0.4 is 9.64 Å². The van der Waals surface area contributed by atoms with E-state index in [9.17, 15) is 4.79 Å². The minimum absolute atomic E-state index is 0.101. The maximum Gasteiger partial charge on any atom is 0.256 e. The summed E-state index contributed by atoms with van der Waals surface area (Å²) < 4.78 is 6.22. The van der Waals surface area contributed by atoms with Gasteiger partial charge >= 0.3 is 0 Å². The van der Waals surface area contributed by atoms with Gasteiger partial charge in [-0.1, -0.05) is 11.6 Å². The minimum atomic E-state index is 0.101. The van der Waals surface area contributed by atoms with Crippen LogP contribution in [0.2, 0.25) is 5.02 Å². The number of carbonyl (C=O) groups is 1. The summed E-state index contributed by atoms with van der Waals surface area (Å²) in [5.41, 5.74) is 3.80. The number of anilines is 1. The molecule has 0 spiro atoms. The molecule has 3 aromatic carbocycles. The monoisotopic (exact) mass is 516 g/mol. The van der Waals surface area contributed by atoms with Crippen LogP contribution in [0.1, 0.15) is 35.2 Å². The predicted molar refractivity (Wildman–Crippen MR) is 151 cm³/mol. The van der Waals surface area contributed by atoms with Gasteiger partial charge in [0, 0.05) is 56.2 Å². The van der Waals surface area contributed by atoms with E-state index in [0.717, 1.165) is 91.3 Å². The zero-order valence-corrected chi connectivity index (χ0v) is 22.1. The molecule has 0 bridgehead atoms. The lowest BCUT2D eigenvalue weighted by molar-refractivity contribution is 0.0775. The number of rotatable bonds is 6. The molecule has 7 heteroatoms. The summed E-state index contributed by atoms with van der Waals surface area (Å²) >= 11 is 6.03. The highest BCUT2D eigenvalue weighted by Crippen LogP contribution is 2.35. The molecule has 37 heavy (non-hydrogen) atoms. The van der Waals surface area contributed by atoms with Gasteiger partial charge in [0.25, 0.3) is 5.91 Å². The highest BCUT2D eigenvalue weighted by Gasteiger charge is 2.31. The second-order valence-electron chi connectivity index (χ2n) is 10.3. The summed E-state index contributed by atoms with van der Waals surface area (Å²) in [4.78, 5) is 24.7. The van der Waals surface area contributed by atoms with E-state index in [1.807, 2.05) is 35.4 Å². The van der Waals surface area contributed by atoms with E-state index >= 15 is 0 Å². The molecule has 1 amide bonds. The number of nitrogens with zero attached hydrogens (tertiary/aromatic N) is 4. The normalized spacial score (nSPS) is 19.7. The lowest BCUT2D eigenvalue weighted by atomic mass is 10.0. The van der Waals surface area contributed by atoms with E-state index in [2.05, 4.69) is 41.0 Å². The van der Waals surface area contributed by atoms with Crippen molar-refractivity contribution in [2.75, 3.05) is 50.8 Å². The van der Waals surface area contributed by atoms with Gasteiger partial charge in [-0.25, -0.2) is 0 Å². The standard InChI is InChI=1S/C30H33ClN4O2/c1-21-16-22-17-27-28(32-20-26-4-2-10-35(26)30(27)36)18-23(22)19-29(21)37-15-3-9-33-11-13-34(14-12-33)25-7-5-24(31)6-8-25/h5-8,16-20,26H,2-4,9-15H2,1H3/t26-/m0/s1. The van der Waals surface area contributed by atoms with Crippen LogP contribution in [-0.4, -0.2) is 73.8 Å². The van der Waals surface area contributed by atoms with E-state index in [1.54, 1.807) is 0 Å². The second-order valence-corrected chi connectivity index (χ2v) is 10.8. The van der Waals surface area contributed by atoms with Crippen LogP contribution in [-0.2, 0) is 0 Å². The number of fused-ring (bicyclic) bond motifs is 3. The molecule has 2 saturated heterocycles. The Hall–Kier alpha value is -3.09. The summed E-state index contributed by atoms with van der Waals surface area (Å²) in [6, 6.07) is 16.5. The number of carbonyl (C=O) groups excluding carboxylic acids is 1. The first-order valence-corrected chi connectivity index (χ1v) is 13.7. The summed E-state index contributed by atoms with van der Waals surface area (Å²) in [5, 5.41) is 2.90. The molecule has 6 nitrogen and oxygen atoms in total. The fourth-order valence-electron chi connectivity index (χ4n) is 5.74. The second kappa shape index (κ2) is 10.3. The highest BCUT2D eigenvalue weighted by atomic mass is 35.5. The smallest absolute Gasteiger partial charge is 0.256 e. The maximum absolute atomic E-state index is 13.1. The molecule has 0 aromatic heterocycles. The first kappa shape index (κ1) is 24.3. The molecule has 0 radical (unpaired) electrons. The van der Waals surface area contributed by atoms with Gasteiger partial charge in [0.2, 0.25) is 0 Å². The van der Waals surface area contributed by atoms with Crippen LogP contribution in [0.15, 0.2) is 53.5 Å². The maximum atomic E-state index is 13.1. The molecule has 3 aliphatic rings. The summed E-state index contributed by atoms with van der Waals surface area (Å²) in [7, 11) is 0. The van der Waals surface area contributed by atoms with Crippen LogP contribution in [0.3, 0.4) is 0 Å². The van der Waals surface area contributed by atoms with Gasteiger partial charge in [-0.15, -0.1) is 0 Å². The quantitative estimate of drug-likeness (QED) is 0.393. The van der Waals surface area contributed by atoms with Crippen molar-refractivity contribution in [3.63, 3.8) is 0 Å². The van der Waals surface area contributed by atoms with Crippen LogP contribution >= 0.6 is 11.6 Å². The van der Waals surface area contributed by atoms with Crippen molar-refractivity contribution < 1.29 is 9.53 Å². The van der Waals surface area contributed by atoms with Gasteiger partial charge in [0.1, 0.15) is 5.75 Å². The largest absolute Gasteiger partial charge is 0.493 e. The van der Waals surface area contributed by atoms with Crippen LogP contribution in [0, 0.1) is 6.92 Å². The van der Waals surface area contributed by atoms with Crippen LogP contribution in [0.25, 0.3) is 10.8 Å². The Labute approximate surface area is 223 Å². The molecule has 3 heterocycles. The predicted octanol–water partition coefficient (Wildman–Crippen LogP) is 5.71. The average molecular weight is 517 g/mol. The summed E-state index contributed by atoms with van der Waals surface area (Å²) in [6.07, 6.45) is 4.98. The van der Waals surface area contributed by atoms with E-state index in [1.165, 1.54) is 5.69 Å². The number of amides is 1. The van der Waals surface area contributed by atoms with Crippen molar-refractivity contribution in [3.8, 4) is 5.75 Å². The van der Waals surface area contributed by atoms with Crippen molar-refractivity contribution in [3.05, 3.63) is 64.7 Å². The highest BCUT2D eigenvalue weighted by molar-refractivity contribution is 6.30. The topological polar surface area (TPSA) is 48.4 Å². The third-order valence-electron chi connectivity index (χ3n) is 7.87. The average Bonchev–Trinajstić information content (AvgIpc) is 3.34. The van der Waals surface area contributed by atoms with Gasteiger partial charge in [-0.05, 0) is 91.1 Å². The Morgan fingerprint density at radius 1 is 1.00 bits per heavy atom. The molecule has 0 unspecified atom stereocenters. The molecule has 6 rings (SSSR count). The molecular formula is C30H33ClN4O2. The SMILES string of the molecule is Cc1cc2cc3c(cc2cc1OCCCN1CCN(c2ccc(Cl)cc2)CC1)N=C[C@@H]1CCCN1C3=O. The number of ether oxygens (including phenoxy) is 1. The first-order valence-electron chi connectivity index (χ1n) is 13.3. The summed E-state index contributed by atoms with van der Waals surface area (Å²) in [6.45, 7) is 8.77. The van der Waals surface area contributed by atoms with E-state index in [0.29, 0.717) is 12.2 Å². The Bertz CT molecular complexity index is 1330. The third kappa shape index (κ3) is 5.05. The molecule has 2 fully saturated rings. The van der Waals surface area contributed by atoms with Crippen molar-refractivity contribution in [1.29, 1.82) is 0 Å². The van der Waals surface area contributed by atoms with Crippen molar-refractivity contribution in [1.82, 2.24) is 9.80 Å². The molecule has 3 aliphatic heterocycles. The summed E-state index contributed by atoms with van der Waals surface area (Å²) in [5.74, 6) is 1.01. The van der Waals surface area contributed by atoms with E-state index < -0.39 is 0 Å². The Balaban J connectivity index is 1.05. The van der Waals surface area contributed by atoms with Gasteiger partial charge in [0.05, 0.1) is 23.9 Å². The molecule has 1 atom stereocenters. The number of piperazine rings is 1. The van der Waals surface area contributed by atoms with Gasteiger partial charge in [-0.2, -0.15) is 0 Å². The van der Waals surface area contributed by atoms with Crippen molar-refractivity contribution >= 4 is 45.9 Å². The zero-order chi connectivity index (χ0) is 25.4. The Morgan fingerprint density at radius 3 is 2.59 bits per heavy atom. The number of benzene rings is 3. The molecule has 3 aromatic rings. The van der Waals surface area contributed by atoms with Gasteiger partial charge in [-0.3, -0.25) is 14.7 Å².